The maximum absolute atomic E-state index is 6.18. The molecule has 1 fully saturated rings. The molecule has 0 unspecified atom stereocenters. The SMILES string of the molecule is CC(C)n1cncc1-c1nc(C2CCCC2)sc1N. The van der Waals surface area contributed by atoms with E-state index < -0.39 is 0 Å². The van der Waals surface area contributed by atoms with Crippen molar-refractivity contribution in [2.24, 2.45) is 0 Å². The third-order valence-corrected chi connectivity index (χ3v) is 4.89. The molecule has 1 saturated carbocycles. The van der Waals surface area contributed by atoms with Gasteiger partial charge in [-0.2, -0.15) is 0 Å². The molecule has 0 aliphatic heterocycles. The molecule has 0 saturated heterocycles. The Hall–Kier alpha value is -1.36. The smallest absolute Gasteiger partial charge is 0.123 e. The molecule has 4 nitrogen and oxygen atoms in total. The number of rotatable bonds is 3. The van der Waals surface area contributed by atoms with Gasteiger partial charge in [0.2, 0.25) is 0 Å². The highest BCUT2D eigenvalue weighted by Gasteiger charge is 2.23. The van der Waals surface area contributed by atoms with Crippen molar-refractivity contribution in [3.05, 3.63) is 17.5 Å². The van der Waals surface area contributed by atoms with Crippen molar-refractivity contribution in [3.63, 3.8) is 0 Å². The minimum Gasteiger partial charge on any atom is -0.389 e. The Kier molecular flexibility index (Phi) is 3.31. The highest BCUT2D eigenvalue weighted by molar-refractivity contribution is 7.16. The number of hydrogen-bond acceptors (Lipinski definition) is 4. The Morgan fingerprint density at radius 3 is 2.79 bits per heavy atom. The maximum Gasteiger partial charge on any atom is 0.123 e. The van der Waals surface area contributed by atoms with Gasteiger partial charge in [0.25, 0.3) is 0 Å². The molecule has 1 aliphatic rings. The van der Waals surface area contributed by atoms with E-state index in [9.17, 15) is 0 Å². The van der Waals surface area contributed by atoms with Crippen LogP contribution in [0, 0.1) is 0 Å². The number of aromatic nitrogens is 3. The van der Waals surface area contributed by atoms with Crippen LogP contribution in [0.2, 0.25) is 0 Å². The number of hydrogen-bond donors (Lipinski definition) is 1. The van der Waals surface area contributed by atoms with Crippen molar-refractivity contribution >= 4 is 16.3 Å². The van der Waals surface area contributed by atoms with E-state index in [0.717, 1.165) is 16.4 Å². The van der Waals surface area contributed by atoms with E-state index in [0.29, 0.717) is 12.0 Å². The standard InChI is InChI=1S/C14H20N4S/c1-9(2)18-8-16-7-11(18)12-13(15)19-14(17-12)10-5-3-4-6-10/h7-10H,3-6,15H2,1-2H3. The molecule has 0 atom stereocenters. The van der Waals surface area contributed by atoms with Crippen LogP contribution < -0.4 is 5.73 Å². The van der Waals surface area contributed by atoms with Crippen molar-refractivity contribution in [1.82, 2.24) is 14.5 Å². The van der Waals surface area contributed by atoms with Crippen molar-refractivity contribution in [3.8, 4) is 11.4 Å². The lowest BCUT2D eigenvalue weighted by molar-refractivity contribution is 0.604. The molecule has 19 heavy (non-hydrogen) atoms. The fraction of sp³-hybridized carbons (Fsp3) is 0.571. The highest BCUT2D eigenvalue weighted by atomic mass is 32.1. The lowest BCUT2D eigenvalue weighted by Crippen LogP contribution is -2.02. The molecule has 1 aliphatic carbocycles. The summed E-state index contributed by atoms with van der Waals surface area (Å²) >= 11 is 1.66. The zero-order valence-electron chi connectivity index (χ0n) is 11.5. The zero-order chi connectivity index (χ0) is 13.4. The van der Waals surface area contributed by atoms with Gasteiger partial charge in [-0.05, 0) is 26.7 Å². The monoisotopic (exact) mass is 276 g/mol. The molecule has 0 aromatic carbocycles. The van der Waals surface area contributed by atoms with Crippen LogP contribution in [0.4, 0.5) is 5.00 Å². The fourth-order valence-electron chi connectivity index (χ4n) is 2.78. The molecule has 0 spiro atoms. The second-order valence-electron chi connectivity index (χ2n) is 5.53. The Morgan fingerprint density at radius 1 is 1.37 bits per heavy atom. The van der Waals surface area contributed by atoms with Crippen molar-refractivity contribution in [2.45, 2.75) is 51.5 Å². The lowest BCUT2D eigenvalue weighted by atomic mass is 10.1. The summed E-state index contributed by atoms with van der Waals surface area (Å²) in [5.41, 5.74) is 8.13. The van der Waals surface area contributed by atoms with Gasteiger partial charge >= 0.3 is 0 Å². The Bertz CT molecular complexity index is 564. The van der Waals surface area contributed by atoms with Gasteiger partial charge < -0.3 is 10.3 Å². The minimum absolute atomic E-state index is 0.369. The van der Waals surface area contributed by atoms with Crippen molar-refractivity contribution < 1.29 is 0 Å². The van der Waals surface area contributed by atoms with E-state index in [-0.39, 0.29) is 0 Å². The molecular weight excluding hydrogens is 256 g/mol. The predicted molar refractivity (Wildman–Crippen MR) is 79.3 cm³/mol. The van der Waals surface area contributed by atoms with E-state index in [1.807, 2.05) is 12.5 Å². The van der Waals surface area contributed by atoms with Gasteiger partial charge in [-0.15, -0.1) is 11.3 Å². The minimum atomic E-state index is 0.369. The molecule has 2 aromatic heterocycles. The largest absolute Gasteiger partial charge is 0.389 e. The van der Waals surface area contributed by atoms with Gasteiger partial charge in [0.15, 0.2) is 0 Å². The number of thiazole rings is 1. The van der Waals surface area contributed by atoms with Crippen LogP contribution in [0.1, 0.15) is 56.5 Å². The molecular formula is C14H20N4S. The Balaban J connectivity index is 1.98. The topological polar surface area (TPSA) is 56.7 Å². The van der Waals surface area contributed by atoms with E-state index in [2.05, 4.69) is 23.4 Å². The van der Waals surface area contributed by atoms with Crippen LogP contribution in [0.25, 0.3) is 11.4 Å². The highest BCUT2D eigenvalue weighted by Crippen LogP contribution is 2.40. The molecule has 102 valence electrons. The molecule has 2 heterocycles. The number of nitrogens with two attached hydrogens (primary N) is 1. The summed E-state index contributed by atoms with van der Waals surface area (Å²) < 4.78 is 2.13. The second kappa shape index (κ2) is 4.96. The third kappa shape index (κ3) is 2.27. The number of nitrogens with zero attached hydrogens (tertiary/aromatic N) is 3. The first-order chi connectivity index (χ1) is 9.16. The van der Waals surface area contributed by atoms with Gasteiger partial charge in [-0.1, -0.05) is 12.8 Å². The van der Waals surface area contributed by atoms with Crippen LogP contribution in [-0.2, 0) is 0 Å². The van der Waals surface area contributed by atoms with Crippen LogP contribution in [0.3, 0.4) is 0 Å². The summed E-state index contributed by atoms with van der Waals surface area (Å²) in [5, 5.41) is 2.03. The van der Waals surface area contributed by atoms with Gasteiger partial charge in [0.1, 0.15) is 10.7 Å². The Labute approximate surface area is 117 Å². The average molecular weight is 276 g/mol. The van der Waals surface area contributed by atoms with Crippen LogP contribution in [0.5, 0.6) is 0 Å². The normalized spacial score (nSPS) is 16.6. The van der Waals surface area contributed by atoms with Crippen LogP contribution in [-0.4, -0.2) is 14.5 Å². The van der Waals surface area contributed by atoms with E-state index in [1.165, 1.54) is 30.7 Å². The number of imidazole rings is 1. The average Bonchev–Trinajstić information content (AvgIpc) is 3.07. The molecule has 0 amide bonds. The molecule has 2 N–H and O–H groups in total. The van der Waals surface area contributed by atoms with E-state index >= 15 is 0 Å². The predicted octanol–water partition coefficient (Wildman–Crippen LogP) is 3.83. The Morgan fingerprint density at radius 2 is 2.11 bits per heavy atom. The molecule has 0 bridgehead atoms. The maximum atomic E-state index is 6.18. The van der Waals surface area contributed by atoms with Gasteiger partial charge in [0, 0.05) is 12.0 Å². The van der Waals surface area contributed by atoms with Gasteiger partial charge in [0.05, 0.1) is 23.2 Å². The lowest BCUT2D eigenvalue weighted by Gasteiger charge is -2.10. The first-order valence-corrected chi connectivity index (χ1v) is 7.77. The summed E-state index contributed by atoms with van der Waals surface area (Å²) in [6.45, 7) is 4.29. The second-order valence-corrected chi connectivity index (χ2v) is 6.59. The van der Waals surface area contributed by atoms with Crippen molar-refractivity contribution in [2.75, 3.05) is 5.73 Å². The van der Waals surface area contributed by atoms with Gasteiger partial charge in [-0.25, -0.2) is 9.97 Å². The van der Waals surface area contributed by atoms with E-state index in [1.54, 1.807) is 11.3 Å². The number of nitrogen functional groups attached to an aromatic ring is 1. The summed E-state index contributed by atoms with van der Waals surface area (Å²) in [4.78, 5) is 9.05. The zero-order valence-corrected chi connectivity index (χ0v) is 12.3. The van der Waals surface area contributed by atoms with Crippen molar-refractivity contribution in [1.29, 1.82) is 0 Å². The third-order valence-electron chi connectivity index (χ3n) is 3.84. The molecule has 5 heteroatoms. The molecule has 2 aromatic rings. The quantitative estimate of drug-likeness (QED) is 0.927. The summed E-state index contributed by atoms with van der Waals surface area (Å²) in [6, 6.07) is 0.369. The summed E-state index contributed by atoms with van der Waals surface area (Å²) in [7, 11) is 0. The van der Waals surface area contributed by atoms with Gasteiger partial charge in [-0.3, -0.25) is 0 Å². The molecule has 0 radical (unpaired) electrons. The summed E-state index contributed by atoms with van der Waals surface area (Å²) in [5.74, 6) is 0.622. The van der Waals surface area contributed by atoms with Crippen LogP contribution in [0.15, 0.2) is 12.5 Å². The first kappa shape index (κ1) is 12.7. The summed E-state index contributed by atoms with van der Waals surface area (Å²) in [6.07, 6.45) is 8.89. The fourth-order valence-corrected chi connectivity index (χ4v) is 3.79. The number of anilines is 1. The van der Waals surface area contributed by atoms with Crippen LogP contribution >= 0.6 is 11.3 Å². The first-order valence-electron chi connectivity index (χ1n) is 6.95. The molecule has 3 rings (SSSR count). The van der Waals surface area contributed by atoms with E-state index in [4.69, 9.17) is 10.7 Å².